The molecule has 3 rings (SSSR count). The van der Waals surface area contributed by atoms with E-state index in [9.17, 15) is 9.59 Å². The molecule has 3 amide bonds. The van der Waals surface area contributed by atoms with Gasteiger partial charge in [-0.25, -0.2) is 4.79 Å². The van der Waals surface area contributed by atoms with Gasteiger partial charge in [-0.2, -0.15) is 0 Å². The van der Waals surface area contributed by atoms with Crippen molar-refractivity contribution in [3.05, 3.63) is 61.0 Å². The summed E-state index contributed by atoms with van der Waals surface area (Å²) in [6, 6.07) is 15.0. The molecule has 126 valence electrons. The first-order chi connectivity index (χ1) is 12.2. The number of nitrogens with one attached hydrogen (secondary N) is 2. The number of para-hydroxylation sites is 1. The van der Waals surface area contributed by atoms with Crippen molar-refractivity contribution in [2.24, 2.45) is 0 Å². The van der Waals surface area contributed by atoms with Gasteiger partial charge in [0.1, 0.15) is 5.75 Å². The summed E-state index contributed by atoms with van der Waals surface area (Å²) in [7, 11) is 0. The lowest BCUT2D eigenvalue weighted by atomic mass is 10.2. The third-order valence-electron chi connectivity index (χ3n) is 3.12. The molecule has 0 aliphatic carbocycles. The molecule has 0 saturated heterocycles. The van der Waals surface area contributed by atoms with Gasteiger partial charge >= 0.3 is 6.03 Å². The highest BCUT2D eigenvalue weighted by atomic mass is 16.5. The van der Waals surface area contributed by atoms with Gasteiger partial charge in [-0.15, -0.1) is 10.2 Å². The number of amides is 3. The average molecular weight is 338 g/mol. The lowest BCUT2D eigenvalue weighted by molar-refractivity contribution is -0.121. The van der Waals surface area contributed by atoms with Crippen molar-refractivity contribution >= 4 is 17.6 Å². The van der Waals surface area contributed by atoms with E-state index in [0.29, 0.717) is 17.3 Å². The van der Waals surface area contributed by atoms with Crippen molar-refractivity contribution in [1.29, 1.82) is 0 Å². The van der Waals surface area contributed by atoms with Crippen LogP contribution in [0.25, 0.3) is 11.5 Å². The van der Waals surface area contributed by atoms with E-state index in [1.165, 1.54) is 6.39 Å². The van der Waals surface area contributed by atoms with Crippen LogP contribution >= 0.6 is 0 Å². The third kappa shape index (κ3) is 4.64. The second kappa shape index (κ2) is 7.73. The Morgan fingerprint density at radius 3 is 2.48 bits per heavy atom. The zero-order chi connectivity index (χ0) is 17.5. The zero-order valence-electron chi connectivity index (χ0n) is 13.0. The quantitative estimate of drug-likeness (QED) is 0.740. The van der Waals surface area contributed by atoms with Crippen molar-refractivity contribution in [3.63, 3.8) is 0 Å². The minimum absolute atomic E-state index is 0.290. The molecule has 1 aromatic heterocycles. The number of hydrogen-bond acceptors (Lipinski definition) is 6. The second-order valence-electron chi connectivity index (χ2n) is 4.93. The first-order valence-corrected chi connectivity index (χ1v) is 7.36. The highest BCUT2D eigenvalue weighted by molar-refractivity contribution is 6.01. The maximum absolute atomic E-state index is 11.7. The number of rotatable bonds is 5. The van der Waals surface area contributed by atoms with Crippen LogP contribution in [0.4, 0.5) is 10.5 Å². The molecule has 1 heterocycles. The van der Waals surface area contributed by atoms with E-state index >= 15 is 0 Å². The molecular formula is C17H14N4O4. The second-order valence-corrected chi connectivity index (χ2v) is 4.93. The Kier molecular flexibility index (Phi) is 5.01. The van der Waals surface area contributed by atoms with Gasteiger partial charge in [0.25, 0.3) is 5.91 Å². The van der Waals surface area contributed by atoms with Gasteiger partial charge in [0.2, 0.25) is 12.3 Å². The predicted molar refractivity (Wildman–Crippen MR) is 88.8 cm³/mol. The van der Waals surface area contributed by atoms with Gasteiger partial charge in [0.05, 0.1) is 0 Å². The molecular weight excluding hydrogens is 324 g/mol. The molecule has 8 heteroatoms. The van der Waals surface area contributed by atoms with Crippen LogP contribution in [-0.4, -0.2) is 28.7 Å². The maximum atomic E-state index is 11.7. The first-order valence-electron chi connectivity index (χ1n) is 7.36. The fourth-order valence-electron chi connectivity index (χ4n) is 1.99. The fourth-order valence-corrected chi connectivity index (χ4v) is 1.99. The van der Waals surface area contributed by atoms with Crippen LogP contribution in [0.1, 0.15) is 0 Å². The smallest absolute Gasteiger partial charge is 0.325 e. The van der Waals surface area contributed by atoms with Gasteiger partial charge in [0, 0.05) is 11.3 Å². The number of anilines is 1. The normalized spacial score (nSPS) is 10.1. The van der Waals surface area contributed by atoms with E-state index in [1.54, 1.807) is 48.5 Å². The molecule has 0 fully saturated rings. The SMILES string of the molecule is O=C(COc1ccc(-c2nnco2)cc1)NC(=O)Nc1ccccc1. The molecule has 0 bridgehead atoms. The van der Waals surface area contributed by atoms with Crippen molar-refractivity contribution in [1.82, 2.24) is 15.5 Å². The molecule has 25 heavy (non-hydrogen) atoms. The van der Waals surface area contributed by atoms with Gasteiger partial charge in [-0.3, -0.25) is 10.1 Å². The lowest BCUT2D eigenvalue weighted by Crippen LogP contribution is -2.37. The van der Waals surface area contributed by atoms with E-state index in [-0.39, 0.29) is 6.61 Å². The third-order valence-corrected chi connectivity index (χ3v) is 3.12. The summed E-state index contributed by atoms with van der Waals surface area (Å²) in [5, 5.41) is 12.1. The van der Waals surface area contributed by atoms with E-state index in [0.717, 1.165) is 5.56 Å². The fraction of sp³-hybridized carbons (Fsp3) is 0.0588. The summed E-state index contributed by atoms with van der Waals surface area (Å²) in [6.45, 7) is -0.290. The summed E-state index contributed by atoms with van der Waals surface area (Å²) >= 11 is 0. The van der Waals surface area contributed by atoms with Gasteiger partial charge in [-0.05, 0) is 36.4 Å². The molecule has 0 unspecified atom stereocenters. The van der Waals surface area contributed by atoms with E-state index < -0.39 is 11.9 Å². The molecule has 0 spiro atoms. The summed E-state index contributed by atoms with van der Waals surface area (Å²) in [5.74, 6) is 0.304. The highest BCUT2D eigenvalue weighted by Gasteiger charge is 2.09. The van der Waals surface area contributed by atoms with Crippen molar-refractivity contribution in [2.45, 2.75) is 0 Å². The zero-order valence-corrected chi connectivity index (χ0v) is 13.0. The summed E-state index contributed by atoms with van der Waals surface area (Å²) in [4.78, 5) is 23.4. The minimum atomic E-state index is -0.619. The molecule has 0 atom stereocenters. The molecule has 2 aromatic carbocycles. The summed E-state index contributed by atoms with van der Waals surface area (Å²) < 4.78 is 10.4. The number of carbonyl (C=O) groups excluding carboxylic acids is 2. The average Bonchev–Trinajstić information content (AvgIpc) is 3.16. The molecule has 0 aliphatic heterocycles. The molecule has 0 saturated carbocycles. The number of aromatic nitrogens is 2. The van der Waals surface area contributed by atoms with Crippen LogP contribution in [0.5, 0.6) is 5.75 Å². The van der Waals surface area contributed by atoms with Crippen LogP contribution in [-0.2, 0) is 4.79 Å². The number of hydrogen-bond donors (Lipinski definition) is 2. The van der Waals surface area contributed by atoms with Crippen LogP contribution in [0.15, 0.2) is 65.4 Å². The number of nitrogens with zero attached hydrogens (tertiary/aromatic N) is 2. The van der Waals surface area contributed by atoms with Crippen LogP contribution in [0.2, 0.25) is 0 Å². The topological polar surface area (TPSA) is 106 Å². The Balaban J connectivity index is 1.46. The number of benzene rings is 2. The Morgan fingerprint density at radius 2 is 1.80 bits per heavy atom. The molecule has 0 radical (unpaired) electrons. The van der Waals surface area contributed by atoms with E-state index in [2.05, 4.69) is 20.8 Å². The van der Waals surface area contributed by atoms with Crippen molar-refractivity contribution in [3.8, 4) is 17.2 Å². The van der Waals surface area contributed by atoms with Crippen LogP contribution in [0.3, 0.4) is 0 Å². The highest BCUT2D eigenvalue weighted by Crippen LogP contribution is 2.20. The van der Waals surface area contributed by atoms with Gasteiger partial charge in [0.15, 0.2) is 6.61 Å². The first kappa shape index (κ1) is 16.2. The Morgan fingerprint density at radius 1 is 1.04 bits per heavy atom. The number of imide groups is 1. The van der Waals surface area contributed by atoms with Gasteiger partial charge < -0.3 is 14.5 Å². The Hall–Kier alpha value is -3.68. The Bertz CT molecular complexity index is 833. The standard InChI is InChI=1S/C17H14N4O4/c22-15(20-17(23)19-13-4-2-1-3-5-13)10-24-14-8-6-12(7-9-14)16-21-18-11-25-16/h1-9,11H,10H2,(H2,19,20,22,23). The molecule has 2 N–H and O–H groups in total. The maximum Gasteiger partial charge on any atom is 0.325 e. The molecule has 0 aliphatic rings. The van der Waals surface area contributed by atoms with Crippen LogP contribution < -0.4 is 15.4 Å². The Labute approximate surface area is 142 Å². The minimum Gasteiger partial charge on any atom is -0.484 e. The largest absolute Gasteiger partial charge is 0.484 e. The van der Waals surface area contributed by atoms with Crippen molar-refractivity contribution < 1.29 is 18.7 Å². The predicted octanol–water partition coefficient (Wildman–Crippen LogP) is 2.46. The van der Waals surface area contributed by atoms with Crippen LogP contribution in [0, 0.1) is 0 Å². The van der Waals surface area contributed by atoms with Crippen molar-refractivity contribution in [2.75, 3.05) is 11.9 Å². The number of carbonyl (C=O) groups is 2. The molecule has 3 aromatic rings. The summed E-state index contributed by atoms with van der Waals surface area (Å²) in [5.41, 5.74) is 1.32. The van der Waals surface area contributed by atoms with Gasteiger partial charge in [-0.1, -0.05) is 18.2 Å². The molecule has 8 nitrogen and oxygen atoms in total. The number of urea groups is 1. The lowest BCUT2D eigenvalue weighted by Gasteiger charge is -2.08. The summed E-state index contributed by atoms with van der Waals surface area (Å²) in [6.07, 6.45) is 1.24. The monoisotopic (exact) mass is 338 g/mol. The van der Waals surface area contributed by atoms with E-state index in [4.69, 9.17) is 9.15 Å². The number of ether oxygens (including phenoxy) is 1. The van der Waals surface area contributed by atoms with E-state index in [1.807, 2.05) is 6.07 Å².